The highest BCUT2D eigenvalue weighted by Crippen LogP contribution is 2.48. The number of ether oxygens (including phenoxy) is 1. The molecule has 2 aromatic rings. The van der Waals surface area contributed by atoms with Crippen LogP contribution in [0.1, 0.15) is 77.5 Å². The van der Waals surface area contributed by atoms with E-state index in [1.165, 1.54) is 0 Å². The third kappa shape index (κ3) is 5.76. The SMILES string of the molecule is CNCCC[C@H](C)[C@H](C)Oc1cc(-c2cnn(C)c2)nc(C(=N)C2=C(O)[C@]3(CCCCC3=O)CCC2)n1. The van der Waals surface area contributed by atoms with Gasteiger partial charge in [0.15, 0.2) is 5.82 Å². The number of aliphatic hydroxyl groups is 1. The van der Waals surface area contributed by atoms with Gasteiger partial charge in [-0.15, -0.1) is 0 Å². The number of ketones is 1. The zero-order valence-electron chi connectivity index (χ0n) is 22.5. The number of carbonyl (C=O) groups excluding carboxylic acids is 1. The minimum Gasteiger partial charge on any atom is -0.511 e. The van der Waals surface area contributed by atoms with Crippen molar-refractivity contribution < 1.29 is 14.6 Å². The molecule has 4 rings (SSSR count). The van der Waals surface area contributed by atoms with Gasteiger partial charge in [-0.2, -0.15) is 10.1 Å². The number of carbonyl (C=O) groups is 1. The molecule has 1 fully saturated rings. The molecule has 2 aliphatic rings. The predicted octanol–water partition coefficient (Wildman–Crippen LogP) is 4.77. The van der Waals surface area contributed by atoms with Crippen LogP contribution in [0.4, 0.5) is 0 Å². The van der Waals surface area contributed by atoms with Gasteiger partial charge in [0.1, 0.15) is 23.4 Å². The normalized spacial score (nSPS) is 21.8. The number of nitrogens with zero attached hydrogens (tertiary/aromatic N) is 4. The average molecular weight is 509 g/mol. The van der Waals surface area contributed by atoms with Gasteiger partial charge in [-0.25, -0.2) is 4.98 Å². The fourth-order valence-corrected chi connectivity index (χ4v) is 5.52. The maximum absolute atomic E-state index is 12.9. The van der Waals surface area contributed by atoms with Crippen LogP contribution in [-0.2, 0) is 11.8 Å². The molecule has 9 heteroatoms. The first-order valence-electron chi connectivity index (χ1n) is 13.5. The predicted molar refractivity (Wildman–Crippen MR) is 143 cm³/mol. The van der Waals surface area contributed by atoms with Crippen molar-refractivity contribution in [2.45, 2.75) is 77.7 Å². The molecule has 0 aromatic carbocycles. The second-order valence-corrected chi connectivity index (χ2v) is 10.6. The highest BCUT2D eigenvalue weighted by molar-refractivity contribution is 6.09. The Morgan fingerprint density at radius 1 is 1.24 bits per heavy atom. The first kappa shape index (κ1) is 27.0. The third-order valence-electron chi connectivity index (χ3n) is 7.98. The van der Waals surface area contributed by atoms with Crippen molar-refractivity contribution in [3.63, 3.8) is 0 Å². The number of hydrogen-bond acceptors (Lipinski definition) is 8. The van der Waals surface area contributed by atoms with Crippen LogP contribution in [0.3, 0.4) is 0 Å². The number of aryl methyl sites for hydroxylation is 1. The zero-order valence-corrected chi connectivity index (χ0v) is 22.5. The van der Waals surface area contributed by atoms with E-state index < -0.39 is 5.41 Å². The Morgan fingerprint density at radius 3 is 2.73 bits per heavy atom. The molecule has 37 heavy (non-hydrogen) atoms. The summed E-state index contributed by atoms with van der Waals surface area (Å²) in [6, 6.07) is 1.78. The molecule has 0 bridgehead atoms. The van der Waals surface area contributed by atoms with Gasteiger partial charge in [-0.1, -0.05) is 13.3 Å². The summed E-state index contributed by atoms with van der Waals surface area (Å²) in [6.07, 6.45) is 10.4. The number of hydrogen-bond donors (Lipinski definition) is 3. The van der Waals surface area contributed by atoms with Gasteiger partial charge in [0.2, 0.25) is 5.88 Å². The van der Waals surface area contributed by atoms with E-state index in [2.05, 4.69) is 27.3 Å². The van der Waals surface area contributed by atoms with Crippen molar-refractivity contribution >= 4 is 11.5 Å². The molecule has 0 unspecified atom stereocenters. The Labute approximate surface area is 219 Å². The lowest BCUT2D eigenvalue weighted by atomic mass is 9.64. The van der Waals surface area contributed by atoms with Crippen molar-refractivity contribution in [1.29, 1.82) is 5.41 Å². The van der Waals surface area contributed by atoms with Crippen molar-refractivity contribution in [2.75, 3.05) is 13.6 Å². The number of Topliss-reactive ketones (excluding diaryl/α,β-unsaturated/α-hetero) is 1. The van der Waals surface area contributed by atoms with Gasteiger partial charge in [-0.05, 0) is 71.4 Å². The maximum atomic E-state index is 12.9. The Bertz CT molecular complexity index is 1170. The largest absolute Gasteiger partial charge is 0.511 e. The molecule has 0 radical (unpaired) electrons. The van der Waals surface area contributed by atoms with Crippen LogP contribution < -0.4 is 10.1 Å². The highest BCUT2D eigenvalue weighted by Gasteiger charge is 2.47. The van der Waals surface area contributed by atoms with E-state index in [1.54, 1.807) is 16.9 Å². The minimum absolute atomic E-state index is 0.0535. The summed E-state index contributed by atoms with van der Waals surface area (Å²) in [7, 11) is 3.79. The molecule has 200 valence electrons. The summed E-state index contributed by atoms with van der Waals surface area (Å²) in [5.41, 5.74) is 1.08. The lowest BCUT2D eigenvalue weighted by Gasteiger charge is -2.39. The molecule has 2 heterocycles. The molecule has 2 aromatic heterocycles. The maximum Gasteiger partial charge on any atom is 0.217 e. The number of allylic oxidation sites excluding steroid dienone is 2. The van der Waals surface area contributed by atoms with E-state index in [0.717, 1.165) is 44.2 Å². The Balaban J connectivity index is 1.68. The average Bonchev–Trinajstić information content (AvgIpc) is 3.33. The molecular formula is C28H40N6O3. The van der Waals surface area contributed by atoms with Crippen molar-refractivity contribution in [1.82, 2.24) is 25.1 Å². The second-order valence-electron chi connectivity index (χ2n) is 10.6. The van der Waals surface area contributed by atoms with Crippen LogP contribution in [0.2, 0.25) is 0 Å². The summed E-state index contributed by atoms with van der Waals surface area (Å²) in [5, 5.41) is 27.8. The number of aliphatic hydroxyl groups excluding tert-OH is 1. The van der Waals surface area contributed by atoms with Crippen LogP contribution in [-0.4, -0.2) is 56.0 Å². The summed E-state index contributed by atoms with van der Waals surface area (Å²) in [6.45, 7) is 5.16. The monoisotopic (exact) mass is 508 g/mol. The quantitative estimate of drug-likeness (QED) is 0.312. The van der Waals surface area contributed by atoms with Crippen molar-refractivity contribution in [3.05, 3.63) is 35.6 Å². The molecule has 9 nitrogen and oxygen atoms in total. The van der Waals surface area contributed by atoms with Gasteiger partial charge >= 0.3 is 0 Å². The first-order valence-corrected chi connectivity index (χ1v) is 13.5. The van der Waals surface area contributed by atoms with Crippen LogP contribution in [0.15, 0.2) is 29.8 Å². The van der Waals surface area contributed by atoms with Crippen molar-refractivity contribution in [2.24, 2.45) is 18.4 Å². The summed E-state index contributed by atoms with van der Waals surface area (Å²) >= 11 is 0. The Kier molecular flexibility index (Phi) is 8.42. The van der Waals surface area contributed by atoms with E-state index in [-0.39, 0.29) is 29.2 Å². The van der Waals surface area contributed by atoms with E-state index in [0.29, 0.717) is 48.7 Å². The lowest BCUT2D eigenvalue weighted by molar-refractivity contribution is -0.131. The number of aromatic nitrogens is 4. The van der Waals surface area contributed by atoms with Gasteiger partial charge in [-0.3, -0.25) is 14.9 Å². The molecule has 1 spiro atoms. The molecule has 2 aliphatic carbocycles. The van der Waals surface area contributed by atoms with Crippen molar-refractivity contribution in [3.8, 4) is 17.1 Å². The molecule has 1 saturated carbocycles. The summed E-state index contributed by atoms with van der Waals surface area (Å²) < 4.78 is 7.98. The molecule has 3 atom stereocenters. The van der Waals surface area contributed by atoms with Crippen LogP contribution in [0.25, 0.3) is 11.3 Å². The third-order valence-corrected chi connectivity index (χ3v) is 7.98. The molecule has 0 saturated heterocycles. The van der Waals surface area contributed by atoms with Gasteiger partial charge in [0, 0.05) is 36.9 Å². The van der Waals surface area contributed by atoms with Crippen LogP contribution in [0.5, 0.6) is 5.88 Å². The zero-order chi connectivity index (χ0) is 26.6. The number of nitrogens with one attached hydrogen (secondary N) is 2. The van der Waals surface area contributed by atoms with E-state index in [1.807, 2.05) is 27.2 Å². The Morgan fingerprint density at radius 2 is 2.03 bits per heavy atom. The fraction of sp³-hybridized carbons (Fsp3) is 0.607. The lowest BCUT2D eigenvalue weighted by Crippen LogP contribution is -2.39. The first-order chi connectivity index (χ1) is 17.7. The van der Waals surface area contributed by atoms with Crippen LogP contribution >= 0.6 is 0 Å². The second kappa shape index (κ2) is 11.5. The molecular weight excluding hydrogens is 468 g/mol. The highest BCUT2D eigenvalue weighted by atomic mass is 16.5. The van der Waals surface area contributed by atoms with Gasteiger partial charge in [0.05, 0.1) is 17.3 Å². The van der Waals surface area contributed by atoms with E-state index in [9.17, 15) is 9.90 Å². The Hall–Kier alpha value is -3.07. The number of rotatable bonds is 10. The van der Waals surface area contributed by atoms with Crippen LogP contribution in [0, 0.1) is 16.7 Å². The molecule has 0 amide bonds. The van der Waals surface area contributed by atoms with E-state index >= 15 is 0 Å². The summed E-state index contributed by atoms with van der Waals surface area (Å²) in [4.78, 5) is 22.2. The van der Waals surface area contributed by atoms with Gasteiger partial charge in [0.25, 0.3) is 0 Å². The molecule has 0 aliphatic heterocycles. The fourth-order valence-electron chi connectivity index (χ4n) is 5.52. The topological polar surface area (TPSA) is 126 Å². The van der Waals surface area contributed by atoms with Gasteiger partial charge < -0.3 is 15.2 Å². The minimum atomic E-state index is -0.851. The van der Waals surface area contributed by atoms with E-state index in [4.69, 9.17) is 10.1 Å². The summed E-state index contributed by atoms with van der Waals surface area (Å²) in [5.74, 6) is 1.04. The smallest absolute Gasteiger partial charge is 0.217 e. The molecule has 3 N–H and O–H groups in total. The standard InChI is InChI=1S/C28H40N6O3/c1-18(9-8-14-30-3)19(2)37-24-15-22(20-16-31-34(4)17-20)32-27(33-24)25(29)21-10-7-13-28(26(21)36)12-6-5-11-23(28)35/h15-19,29-30,36H,5-14H2,1-4H3/t18-,19-,28+/m0/s1.